The van der Waals surface area contributed by atoms with Crippen LogP contribution in [0.3, 0.4) is 0 Å². The van der Waals surface area contributed by atoms with E-state index in [1.54, 1.807) is 6.92 Å². The van der Waals surface area contributed by atoms with Gasteiger partial charge in [-0.1, -0.05) is 0 Å². The molecular formula is C13H11FN2O3. The quantitative estimate of drug-likeness (QED) is 0.888. The monoisotopic (exact) mass is 262 g/mol. The molecule has 0 unspecified atom stereocenters. The van der Waals surface area contributed by atoms with E-state index in [1.165, 1.54) is 24.3 Å². The number of anilines is 1. The highest BCUT2D eigenvalue weighted by atomic mass is 19.1. The predicted octanol–water partition coefficient (Wildman–Crippen LogP) is 2.60. The number of hydrogen-bond donors (Lipinski definition) is 2. The van der Waals surface area contributed by atoms with Crippen LogP contribution < -0.4 is 10.5 Å². The first-order chi connectivity index (χ1) is 8.97. The van der Waals surface area contributed by atoms with Gasteiger partial charge in [0.05, 0.1) is 11.3 Å². The fourth-order valence-corrected chi connectivity index (χ4v) is 1.50. The molecule has 98 valence electrons. The Balaban J connectivity index is 2.31. The Bertz CT molecular complexity index is 644. The van der Waals surface area contributed by atoms with Gasteiger partial charge in [-0.2, -0.15) is 0 Å². The molecule has 0 bridgehead atoms. The molecule has 0 aliphatic heterocycles. The van der Waals surface area contributed by atoms with Crippen LogP contribution in [0.1, 0.15) is 15.9 Å². The Morgan fingerprint density at radius 1 is 1.42 bits per heavy atom. The summed E-state index contributed by atoms with van der Waals surface area (Å²) in [4.78, 5) is 14.6. The minimum atomic E-state index is -1.12. The predicted molar refractivity (Wildman–Crippen MR) is 66.8 cm³/mol. The lowest BCUT2D eigenvalue weighted by Gasteiger charge is -2.10. The van der Waals surface area contributed by atoms with Gasteiger partial charge < -0.3 is 15.6 Å². The van der Waals surface area contributed by atoms with E-state index in [1.807, 2.05) is 0 Å². The van der Waals surface area contributed by atoms with Gasteiger partial charge in [0.25, 0.3) is 0 Å². The molecule has 0 fully saturated rings. The van der Waals surface area contributed by atoms with Crippen molar-refractivity contribution >= 4 is 11.7 Å². The molecule has 2 rings (SSSR count). The normalized spacial score (nSPS) is 10.2. The lowest BCUT2D eigenvalue weighted by Crippen LogP contribution is -2.02. The van der Waals surface area contributed by atoms with Crippen molar-refractivity contribution in [2.24, 2.45) is 0 Å². The number of aromatic nitrogens is 1. The van der Waals surface area contributed by atoms with Crippen molar-refractivity contribution in [3.05, 3.63) is 47.4 Å². The minimum absolute atomic E-state index is 0.0271. The van der Waals surface area contributed by atoms with E-state index >= 15 is 0 Å². The number of aromatic carboxylic acids is 1. The van der Waals surface area contributed by atoms with E-state index in [0.29, 0.717) is 11.3 Å². The van der Waals surface area contributed by atoms with Crippen molar-refractivity contribution in [1.29, 1.82) is 0 Å². The van der Waals surface area contributed by atoms with Crippen molar-refractivity contribution in [2.45, 2.75) is 6.92 Å². The van der Waals surface area contributed by atoms with Crippen LogP contribution in [-0.2, 0) is 0 Å². The highest BCUT2D eigenvalue weighted by Crippen LogP contribution is 2.28. The second-order valence-electron chi connectivity index (χ2n) is 3.94. The molecule has 0 amide bonds. The summed E-state index contributed by atoms with van der Waals surface area (Å²) in [6, 6.07) is 5.28. The molecule has 1 aromatic carbocycles. The van der Waals surface area contributed by atoms with Gasteiger partial charge in [0.1, 0.15) is 11.6 Å². The number of nitrogens with two attached hydrogens (primary N) is 1. The third kappa shape index (κ3) is 2.79. The largest absolute Gasteiger partial charge is 0.478 e. The topological polar surface area (TPSA) is 85.4 Å². The van der Waals surface area contributed by atoms with E-state index in [9.17, 15) is 9.18 Å². The fraction of sp³-hybridized carbons (Fsp3) is 0.0769. The first kappa shape index (κ1) is 12.8. The van der Waals surface area contributed by atoms with E-state index < -0.39 is 5.97 Å². The summed E-state index contributed by atoms with van der Waals surface area (Å²) < 4.78 is 18.4. The Hall–Kier alpha value is -2.63. The number of carboxylic acids is 1. The maximum atomic E-state index is 12.9. The van der Waals surface area contributed by atoms with Crippen molar-refractivity contribution in [1.82, 2.24) is 4.98 Å². The van der Waals surface area contributed by atoms with Gasteiger partial charge >= 0.3 is 5.97 Å². The summed E-state index contributed by atoms with van der Waals surface area (Å²) in [6.07, 6.45) is 1.15. The molecule has 2 aromatic rings. The van der Waals surface area contributed by atoms with Crippen molar-refractivity contribution in [3.63, 3.8) is 0 Å². The zero-order chi connectivity index (χ0) is 14.0. The van der Waals surface area contributed by atoms with Gasteiger partial charge in [0.15, 0.2) is 0 Å². The molecule has 6 heteroatoms. The molecule has 19 heavy (non-hydrogen) atoms. The van der Waals surface area contributed by atoms with Crippen molar-refractivity contribution in [3.8, 4) is 11.6 Å². The van der Waals surface area contributed by atoms with Crippen LogP contribution in [-0.4, -0.2) is 16.1 Å². The number of ether oxygens (including phenoxy) is 1. The maximum absolute atomic E-state index is 12.9. The Labute approximate surface area is 108 Å². The van der Waals surface area contributed by atoms with Crippen LogP contribution in [0.4, 0.5) is 10.1 Å². The highest BCUT2D eigenvalue weighted by molar-refractivity contribution is 5.88. The molecule has 0 spiro atoms. The van der Waals surface area contributed by atoms with Gasteiger partial charge in [-0.3, -0.25) is 0 Å². The Morgan fingerprint density at radius 3 is 2.74 bits per heavy atom. The van der Waals surface area contributed by atoms with Gasteiger partial charge in [-0.05, 0) is 36.8 Å². The lowest BCUT2D eigenvalue weighted by atomic mass is 10.2. The van der Waals surface area contributed by atoms with Gasteiger partial charge in [-0.25, -0.2) is 14.2 Å². The summed E-state index contributed by atoms with van der Waals surface area (Å²) in [5.74, 6) is -1.00. The van der Waals surface area contributed by atoms with E-state index in [0.717, 1.165) is 6.20 Å². The average Bonchev–Trinajstić information content (AvgIpc) is 2.34. The van der Waals surface area contributed by atoms with Gasteiger partial charge in [-0.15, -0.1) is 0 Å². The number of rotatable bonds is 3. The van der Waals surface area contributed by atoms with Crippen LogP contribution >= 0.6 is 0 Å². The third-order valence-corrected chi connectivity index (χ3v) is 2.47. The van der Waals surface area contributed by atoms with Crippen molar-refractivity contribution in [2.75, 3.05) is 5.73 Å². The molecule has 0 saturated carbocycles. The van der Waals surface area contributed by atoms with E-state index in [4.69, 9.17) is 15.6 Å². The van der Waals surface area contributed by atoms with E-state index in [-0.39, 0.29) is 22.9 Å². The molecule has 5 nitrogen and oxygen atoms in total. The Morgan fingerprint density at radius 2 is 2.16 bits per heavy atom. The molecular weight excluding hydrogens is 251 g/mol. The summed E-state index contributed by atoms with van der Waals surface area (Å²) >= 11 is 0. The SMILES string of the molecule is Cc1cc(F)ccc1Oc1ncc(C(=O)O)cc1N. The van der Waals surface area contributed by atoms with Crippen LogP contribution in [0.25, 0.3) is 0 Å². The second kappa shape index (κ2) is 4.93. The standard InChI is InChI=1S/C13H11FN2O3/c1-7-4-9(14)2-3-11(7)19-12-10(15)5-8(6-16-12)13(17)18/h2-6H,15H2,1H3,(H,17,18). The number of pyridine rings is 1. The first-order valence-electron chi connectivity index (χ1n) is 5.40. The number of benzene rings is 1. The third-order valence-electron chi connectivity index (χ3n) is 2.47. The van der Waals surface area contributed by atoms with Gasteiger partial charge in [0.2, 0.25) is 5.88 Å². The first-order valence-corrected chi connectivity index (χ1v) is 5.40. The molecule has 1 heterocycles. The molecule has 0 aliphatic carbocycles. The summed E-state index contributed by atoms with van der Waals surface area (Å²) in [6.45, 7) is 1.68. The van der Waals surface area contributed by atoms with Crippen LogP contribution in [0.15, 0.2) is 30.5 Å². The van der Waals surface area contributed by atoms with E-state index in [2.05, 4.69) is 4.98 Å². The summed E-state index contributed by atoms with van der Waals surface area (Å²) in [5.41, 5.74) is 6.32. The number of nitrogen functional groups attached to an aromatic ring is 1. The smallest absolute Gasteiger partial charge is 0.337 e. The number of hydrogen-bond acceptors (Lipinski definition) is 4. The number of aryl methyl sites for hydroxylation is 1. The molecule has 0 saturated heterocycles. The number of nitrogens with zero attached hydrogens (tertiary/aromatic N) is 1. The van der Waals surface area contributed by atoms with Crippen molar-refractivity contribution < 1.29 is 19.0 Å². The average molecular weight is 262 g/mol. The lowest BCUT2D eigenvalue weighted by molar-refractivity contribution is 0.0696. The summed E-state index contributed by atoms with van der Waals surface area (Å²) in [7, 11) is 0. The maximum Gasteiger partial charge on any atom is 0.337 e. The number of carboxylic acid groups (broad SMARTS) is 1. The zero-order valence-electron chi connectivity index (χ0n) is 10.1. The minimum Gasteiger partial charge on any atom is -0.478 e. The fourth-order valence-electron chi connectivity index (χ4n) is 1.50. The number of halogens is 1. The highest BCUT2D eigenvalue weighted by Gasteiger charge is 2.10. The van der Waals surface area contributed by atoms with Crippen LogP contribution in [0.5, 0.6) is 11.6 Å². The van der Waals surface area contributed by atoms with Crippen LogP contribution in [0.2, 0.25) is 0 Å². The second-order valence-corrected chi connectivity index (χ2v) is 3.94. The molecule has 1 aromatic heterocycles. The molecule has 0 aliphatic rings. The molecule has 0 atom stereocenters. The molecule has 0 radical (unpaired) electrons. The Kier molecular flexibility index (Phi) is 3.33. The van der Waals surface area contributed by atoms with Gasteiger partial charge in [0, 0.05) is 6.20 Å². The van der Waals surface area contributed by atoms with Crippen LogP contribution in [0, 0.1) is 12.7 Å². The molecule has 3 N–H and O–H groups in total. The summed E-state index contributed by atoms with van der Waals surface area (Å²) in [5, 5.41) is 8.79. The zero-order valence-corrected chi connectivity index (χ0v) is 10.1. The number of carbonyl (C=O) groups is 1.